The second-order valence-electron chi connectivity index (χ2n) is 4.37. The van der Waals surface area contributed by atoms with Crippen LogP contribution in [0.3, 0.4) is 0 Å². The minimum atomic E-state index is -0.357. The molecular formula is C15H18N2O2. The Kier molecular flexibility index (Phi) is 5.13. The van der Waals surface area contributed by atoms with E-state index in [1.54, 1.807) is 36.2 Å². The average molecular weight is 258 g/mol. The van der Waals surface area contributed by atoms with Gasteiger partial charge in [0.1, 0.15) is 0 Å². The smallest absolute Gasteiger partial charge is 0.340 e. The zero-order valence-electron chi connectivity index (χ0n) is 11.7. The molecule has 0 spiro atoms. The Balaban J connectivity index is 3.27. The Morgan fingerprint density at radius 3 is 2.63 bits per heavy atom. The second kappa shape index (κ2) is 6.60. The van der Waals surface area contributed by atoms with Crippen LogP contribution in [-0.4, -0.2) is 31.6 Å². The van der Waals surface area contributed by atoms with E-state index in [0.717, 1.165) is 11.1 Å². The van der Waals surface area contributed by atoms with Crippen LogP contribution in [-0.2, 0) is 9.53 Å². The number of aryl methyl sites for hydroxylation is 1. The molecule has 0 aliphatic rings. The number of ether oxygens (including phenoxy) is 1. The molecule has 0 saturated carbocycles. The first-order valence-corrected chi connectivity index (χ1v) is 6.06. The zero-order chi connectivity index (χ0) is 14.4. The molecule has 1 rings (SSSR count). The zero-order valence-corrected chi connectivity index (χ0v) is 11.7. The van der Waals surface area contributed by atoms with Gasteiger partial charge in [0.15, 0.2) is 0 Å². The van der Waals surface area contributed by atoms with Crippen molar-refractivity contribution in [2.24, 2.45) is 0 Å². The van der Waals surface area contributed by atoms with E-state index < -0.39 is 0 Å². The molecule has 0 atom stereocenters. The predicted octanol–water partition coefficient (Wildman–Crippen LogP) is 2.33. The topological polar surface area (TPSA) is 53.3 Å². The number of rotatable bonds is 4. The largest absolute Gasteiger partial charge is 0.462 e. The molecule has 1 aromatic carbocycles. The van der Waals surface area contributed by atoms with E-state index in [-0.39, 0.29) is 5.97 Å². The van der Waals surface area contributed by atoms with Gasteiger partial charge in [-0.05, 0) is 37.1 Å². The number of hydrogen-bond donors (Lipinski definition) is 0. The van der Waals surface area contributed by atoms with Gasteiger partial charge in [-0.15, -0.1) is 0 Å². The summed E-state index contributed by atoms with van der Waals surface area (Å²) in [4.78, 5) is 13.8. The molecule has 0 heterocycles. The molecule has 19 heavy (non-hydrogen) atoms. The second-order valence-corrected chi connectivity index (χ2v) is 4.37. The quantitative estimate of drug-likeness (QED) is 0.614. The van der Waals surface area contributed by atoms with Crippen LogP contribution in [0.25, 0.3) is 5.57 Å². The molecule has 0 aliphatic heterocycles. The molecule has 4 heteroatoms. The van der Waals surface area contributed by atoms with Gasteiger partial charge < -0.3 is 9.64 Å². The number of carbonyl (C=O) groups is 1. The third-order valence-electron chi connectivity index (χ3n) is 2.53. The Hall–Kier alpha value is -2.28. The lowest BCUT2D eigenvalue weighted by atomic mass is 9.99. The first-order chi connectivity index (χ1) is 8.99. The number of carbonyl (C=O) groups excluding carboxylic acids is 1. The summed E-state index contributed by atoms with van der Waals surface area (Å²) in [5.74, 6) is -0.357. The Morgan fingerprint density at radius 1 is 1.47 bits per heavy atom. The van der Waals surface area contributed by atoms with Crippen molar-refractivity contribution in [3.05, 3.63) is 41.1 Å². The Bertz CT molecular complexity index is 540. The van der Waals surface area contributed by atoms with Gasteiger partial charge in [0.2, 0.25) is 0 Å². The van der Waals surface area contributed by atoms with Crippen molar-refractivity contribution < 1.29 is 9.53 Å². The third-order valence-corrected chi connectivity index (χ3v) is 2.53. The van der Waals surface area contributed by atoms with Gasteiger partial charge in [-0.2, -0.15) is 5.26 Å². The van der Waals surface area contributed by atoms with Crippen molar-refractivity contribution in [1.82, 2.24) is 4.90 Å². The van der Waals surface area contributed by atoms with Crippen LogP contribution in [0, 0.1) is 18.3 Å². The number of esters is 1. The number of nitrogens with zero attached hydrogens (tertiary/aromatic N) is 2. The van der Waals surface area contributed by atoms with Crippen molar-refractivity contribution in [2.45, 2.75) is 13.8 Å². The van der Waals surface area contributed by atoms with Crippen molar-refractivity contribution in [1.29, 1.82) is 5.26 Å². The lowest BCUT2D eigenvalue weighted by Gasteiger charge is -2.13. The molecule has 0 radical (unpaired) electrons. The lowest BCUT2D eigenvalue weighted by Crippen LogP contribution is -2.12. The molecule has 1 aromatic rings. The van der Waals surface area contributed by atoms with Crippen molar-refractivity contribution in [3.63, 3.8) is 0 Å². The number of benzene rings is 1. The van der Waals surface area contributed by atoms with Gasteiger partial charge in [-0.3, -0.25) is 0 Å². The molecule has 0 amide bonds. The van der Waals surface area contributed by atoms with Crippen molar-refractivity contribution >= 4 is 11.5 Å². The molecule has 4 nitrogen and oxygen atoms in total. The molecule has 0 aromatic heterocycles. The summed E-state index contributed by atoms with van der Waals surface area (Å²) < 4.78 is 5.07. The summed E-state index contributed by atoms with van der Waals surface area (Å²) in [5.41, 5.74) is 2.73. The molecule has 0 aliphatic carbocycles. The minimum absolute atomic E-state index is 0.332. The van der Waals surface area contributed by atoms with Gasteiger partial charge in [-0.1, -0.05) is 6.07 Å². The summed E-state index contributed by atoms with van der Waals surface area (Å²) in [7, 11) is 3.69. The highest BCUT2D eigenvalue weighted by Crippen LogP contribution is 2.21. The van der Waals surface area contributed by atoms with E-state index in [0.29, 0.717) is 17.7 Å². The Labute approximate surface area is 113 Å². The fourth-order valence-corrected chi connectivity index (χ4v) is 1.73. The fourth-order valence-electron chi connectivity index (χ4n) is 1.73. The molecule has 0 saturated heterocycles. The van der Waals surface area contributed by atoms with Crippen LogP contribution in [0.15, 0.2) is 24.4 Å². The molecular weight excluding hydrogens is 240 g/mol. The summed E-state index contributed by atoms with van der Waals surface area (Å²) in [6, 6.07) is 7.32. The summed E-state index contributed by atoms with van der Waals surface area (Å²) in [5, 5.41) is 8.87. The van der Waals surface area contributed by atoms with Crippen molar-refractivity contribution in [2.75, 3.05) is 20.7 Å². The highest BCUT2D eigenvalue weighted by molar-refractivity contribution is 6.16. The first-order valence-electron chi connectivity index (χ1n) is 6.06. The van der Waals surface area contributed by atoms with E-state index in [4.69, 9.17) is 10.00 Å². The van der Waals surface area contributed by atoms with Crippen LogP contribution < -0.4 is 0 Å². The minimum Gasteiger partial charge on any atom is -0.462 e. The predicted molar refractivity (Wildman–Crippen MR) is 74.2 cm³/mol. The maximum atomic E-state index is 12.0. The third kappa shape index (κ3) is 3.85. The van der Waals surface area contributed by atoms with Crippen LogP contribution in [0.4, 0.5) is 0 Å². The lowest BCUT2D eigenvalue weighted by molar-refractivity contribution is -0.136. The first kappa shape index (κ1) is 14.8. The summed E-state index contributed by atoms with van der Waals surface area (Å²) >= 11 is 0. The van der Waals surface area contributed by atoms with Crippen LogP contribution in [0.2, 0.25) is 0 Å². The van der Waals surface area contributed by atoms with Gasteiger partial charge in [0, 0.05) is 20.3 Å². The number of hydrogen-bond acceptors (Lipinski definition) is 4. The van der Waals surface area contributed by atoms with Crippen LogP contribution in [0.5, 0.6) is 0 Å². The van der Waals surface area contributed by atoms with Gasteiger partial charge in [0.05, 0.1) is 23.8 Å². The van der Waals surface area contributed by atoms with Gasteiger partial charge in [-0.25, -0.2) is 4.79 Å². The fraction of sp³-hybridized carbons (Fsp3) is 0.333. The summed E-state index contributed by atoms with van der Waals surface area (Å²) in [6.45, 7) is 3.98. The number of nitriles is 1. The maximum Gasteiger partial charge on any atom is 0.340 e. The van der Waals surface area contributed by atoms with E-state index >= 15 is 0 Å². The van der Waals surface area contributed by atoms with Crippen LogP contribution >= 0.6 is 0 Å². The monoisotopic (exact) mass is 258 g/mol. The molecule has 100 valence electrons. The highest BCUT2D eigenvalue weighted by atomic mass is 16.5. The standard InChI is InChI=1S/C15H18N2O2/c1-5-19-15(18)14(10-17(3)4)13-7-6-12(9-16)8-11(13)2/h6-8,10H,5H2,1-4H3/b14-10+. The Morgan fingerprint density at radius 2 is 2.16 bits per heavy atom. The molecule has 0 unspecified atom stereocenters. The SMILES string of the molecule is CCOC(=O)/C(=C/N(C)C)c1ccc(C#N)cc1C. The van der Waals surface area contributed by atoms with Crippen LogP contribution in [0.1, 0.15) is 23.6 Å². The normalized spacial score (nSPS) is 10.8. The molecule has 0 fully saturated rings. The molecule has 0 bridgehead atoms. The van der Waals surface area contributed by atoms with E-state index in [2.05, 4.69) is 6.07 Å². The van der Waals surface area contributed by atoms with Crippen molar-refractivity contribution in [3.8, 4) is 6.07 Å². The van der Waals surface area contributed by atoms with Gasteiger partial charge >= 0.3 is 5.97 Å². The van der Waals surface area contributed by atoms with Gasteiger partial charge in [0.25, 0.3) is 0 Å². The molecule has 0 N–H and O–H groups in total. The highest BCUT2D eigenvalue weighted by Gasteiger charge is 2.16. The van der Waals surface area contributed by atoms with E-state index in [1.165, 1.54) is 0 Å². The average Bonchev–Trinajstić information content (AvgIpc) is 2.36. The van der Waals surface area contributed by atoms with E-state index in [9.17, 15) is 4.79 Å². The van der Waals surface area contributed by atoms with E-state index in [1.807, 2.05) is 21.0 Å². The summed E-state index contributed by atoms with van der Waals surface area (Å²) in [6.07, 6.45) is 1.73. The maximum absolute atomic E-state index is 12.0.